The van der Waals surface area contributed by atoms with Crippen molar-refractivity contribution in [1.29, 1.82) is 0 Å². The van der Waals surface area contributed by atoms with Gasteiger partial charge in [0.25, 0.3) is 5.91 Å². The molecule has 0 aromatic carbocycles. The number of carbonyl (C=O) groups excluding carboxylic acids is 1. The largest absolute Gasteiger partial charge is 0.382 e. The van der Waals surface area contributed by atoms with Gasteiger partial charge in [0.2, 0.25) is 0 Å². The molecule has 15 heavy (non-hydrogen) atoms. The number of halogens is 1. The SMILES string of the molecule is CN(C(=O)c1cnc(N)c(Cl)c1)C1CC1. The van der Waals surface area contributed by atoms with Crippen molar-refractivity contribution in [3.63, 3.8) is 0 Å². The minimum Gasteiger partial charge on any atom is -0.382 e. The molecule has 1 aromatic heterocycles. The summed E-state index contributed by atoms with van der Waals surface area (Å²) in [7, 11) is 1.80. The molecule has 1 heterocycles. The molecule has 0 saturated heterocycles. The van der Waals surface area contributed by atoms with Crippen molar-refractivity contribution < 1.29 is 4.79 Å². The summed E-state index contributed by atoms with van der Waals surface area (Å²) in [5, 5.41) is 0.324. The van der Waals surface area contributed by atoms with E-state index in [1.165, 1.54) is 6.20 Å². The van der Waals surface area contributed by atoms with Crippen LogP contribution in [0, 0.1) is 0 Å². The number of hydrogen-bond donors (Lipinski definition) is 1. The van der Waals surface area contributed by atoms with Crippen LogP contribution in [0.1, 0.15) is 23.2 Å². The molecule has 0 radical (unpaired) electrons. The lowest BCUT2D eigenvalue weighted by atomic mass is 10.2. The van der Waals surface area contributed by atoms with Gasteiger partial charge in [0.1, 0.15) is 5.82 Å². The van der Waals surface area contributed by atoms with E-state index in [0.29, 0.717) is 16.6 Å². The molecule has 80 valence electrons. The Morgan fingerprint density at radius 2 is 2.33 bits per heavy atom. The van der Waals surface area contributed by atoms with Gasteiger partial charge in [-0.15, -0.1) is 0 Å². The predicted octanol–water partition coefficient (Wildman–Crippen LogP) is 1.55. The van der Waals surface area contributed by atoms with Gasteiger partial charge in [-0.25, -0.2) is 4.98 Å². The van der Waals surface area contributed by atoms with E-state index in [4.69, 9.17) is 17.3 Å². The van der Waals surface area contributed by atoms with E-state index >= 15 is 0 Å². The number of carbonyl (C=O) groups is 1. The maximum Gasteiger partial charge on any atom is 0.255 e. The van der Waals surface area contributed by atoms with Gasteiger partial charge < -0.3 is 10.6 Å². The highest BCUT2D eigenvalue weighted by Crippen LogP contribution is 2.27. The normalized spacial score (nSPS) is 15.1. The number of hydrogen-bond acceptors (Lipinski definition) is 3. The van der Waals surface area contributed by atoms with Crippen LogP contribution in [0.5, 0.6) is 0 Å². The van der Waals surface area contributed by atoms with Crippen LogP contribution < -0.4 is 5.73 Å². The minimum atomic E-state index is -0.0492. The van der Waals surface area contributed by atoms with Gasteiger partial charge in [0.15, 0.2) is 0 Å². The summed E-state index contributed by atoms with van der Waals surface area (Å²) in [5.74, 6) is 0.203. The fraction of sp³-hybridized carbons (Fsp3) is 0.400. The van der Waals surface area contributed by atoms with Gasteiger partial charge in [0.05, 0.1) is 10.6 Å². The van der Waals surface area contributed by atoms with Crippen molar-refractivity contribution in [2.24, 2.45) is 0 Å². The molecular weight excluding hydrogens is 214 g/mol. The van der Waals surface area contributed by atoms with Gasteiger partial charge >= 0.3 is 0 Å². The Bertz CT molecular complexity index is 404. The average Bonchev–Trinajstić information content (AvgIpc) is 3.03. The fourth-order valence-electron chi connectivity index (χ4n) is 1.40. The molecule has 0 aliphatic heterocycles. The number of anilines is 1. The highest BCUT2D eigenvalue weighted by atomic mass is 35.5. The first-order valence-electron chi connectivity index (χ1n) is 4.78. The second-order valence-electron chi connectivity index (χ2n) is 3.74. The average molecular weight is 226 g/mol. The molecule has 1 amide bonds. The highest BCUT2D eigenvalue weighted by molar-refractivity contribution is 6.33. The van der Waals surface area contributed by atoms with E-state index in [1.54, 1.807) is 18.0 Å². The van der Waals surface area contributed by atoms with E-state index in [1.807, 2.05) is 0 Å². The Labute approximate surface area is 93.0 Å². The lowest BCUT2D eigenvalue weighted by molar-refractivity contribution is 0.0784. The summed E-state index contributed by atoms with van der Waals surface area (Å²) in [5.41, 5.74) is 5.96. The summed E-state index contributed by atoms with van der Waals surface area (Å²) >= 11 is 5.80. The third-order valence-electron chi connectivity index (χ3n) is 2.53. The van der Waals surface area contributed by atoms with Crippen molar-refractivity contribution >= 4 is 23.3 Å². The monoisotopic (exact) mass is 225 g/mol. The maximum absolute atomic E-state index is 11.9. The molecule has 2 N–H and O–H groups in total. The zero-order valence-corrected chi connectivity index (χ0v) is 9.16. The van der Waals surface area contributed by atoms with Crippen LogP contribution in [0.4, 0.5) is 5.82 Å². The van der Waals surface area contributed by atoms with Crippen LogP contribution in [0.15, 0.2) is 12.3 Å². The molecule has 1 aliphatic carbocycles. The zero-order valence-electron chi connectivity index (χ0n) is 8.40. The first kappa shape index (κ1) is 10.2. The molecule has 0 atom stereocenters. The molecule has 0 bridgehead atoms. The maximum atomic E-state index is 11.9. The van der Waals surface area contributed by atoms with Crippen molar-refractivity contribution in [2.45, 2.75) is 18.9 Å². The van der Waals surface area contributed by atoms with E-state index in [2.05, 4.69) is 4.98 Å². The van der Waals surface area contributed by atoms with Crippen LogP contribution in [0.2, 0.25) is 5.02 Å². The van der Waals surface area contributed by atoms with Crippen LogP contribution in [0.3, 0.4) is 0 Å². The van der Waals surface area contributed by atoms with Crippen molar-refractivity contribution in [1.82, 2.24) is 9.88 Å². The molecule has 2 rings (SSSR count). The third-order valence-corrected chi connectivity index (χ3v) is 2.83. The number of nitrogens with two attached hydrogens (primary N) is 1. The minimum absolute atomic E-state index is 0.0492. The molecular formula is C10H12ClN3O. The van der Waals surface area contributed by atoms with Gasteiger partial charge in [-0.05, 0) is 18.9 Å². The van der Waals surface area contributed by atoms with Gasteiger partial charge in [-0.3, -0.25) is 4.79 Å². The summed E-state index contributed by atoms with van der Waals surface area (Å²) in [4.78, 5) is 17.5. The number of nitrogens with zero attached hydrogens (tertiary/aromatic N) is 2. The van der Waals surface area contributed by atoms with Crippen molar-refractivity contribution in [2.75, 3.05) is 12.8 Å². The fourth-order valence-corrected chi connectivity index (χ4v) is 1.56. The van der Waals surface area contributed by atoms with Crippen LogP contribution in [-0.4, -0.2) is 28.9 Å². The molecule has 1 aromatic rings. The molecule has 4 nitrogen and oxygen atoms in total. The first-order valence-corrected chi connectivity index (χ1v) is 5.15. The Morgan fingerprint density at radius 1 is 1.67 bits per heavy atom. The molecule has 0 unspecified atom stereocenters. The Morgan fingerprint density at radius 3 is 2.87 bits per heavy atom. The van der Waals surface area contributed by atoms with E-state index < -0.39 is 0 Å². The van der Waals surface area contributed by atoms with Crippen LogP contribution >= 0.6 is 11.6 Å². The third kappa shape index (κ3) is 2.04. The number of rotatable bonds is 2. The molecule has 1 saturated carbocycles. The van der Waals surface area contributed by atoms with Gasteiger partial charge in [-0.2, -0.15) is 0 Å². The predicted molar refractivity (Wildman–Crippen MR) is 58.8 cm³/mol. The van der Waals surface area contributed by atoms with E-state index in [0.717, 1.165) is 12.8 Å². The number of amides is 1. The number of pyridine rings is 1. The Kier molecular flexibility index (Phi) is 2.52. The smallest absolute Gasteiger partial charge is 0.255 e. The summed E-state index contributed by atoms with van der Waals surface area (Å²) < 4.78 is 0. The standard InChI is InChI=1S/C10H12ClN3O/c1-14(7-2-3-7)10(15)6-4-8(11)9(12)13-5-6/h4-5,7H,2-3H2,1H3,(H2,12,13). The molecule has 0 spiro atoms. The van der Waals surface area contributed by atoms with Gasteiger partial charge in [-0.1, -0.05) is 11.6 Å². The number of nitrogen functional groups attached to an aromatic ring is 1. The molecule has 1 aliphatic rings. The number of aromatic nitrogens is 1. The summed E-state index contributed by atoms with van der Waals surface area (Å²) in [6.07, 6.45) is 3.62. The lowest BCUT2D eigenvalue weighted by Crippen LogP contribution is -2.28. The summed E-state index contributed by atoms with van der Waals surface area (Å²) in [6.45, 7) is 0. The van der Waals surface area contributed by atoms with E-state index in [9.17, 15) is 4.79 Å². The van der Waals surface area contributed by atoms with Crippen molar-refractivity contribution in [3.8, 4) is 0 Å². The Hall–Kier alpha value is -1.29. The lowest BCUT2D eigenvalue weighted by Gasteiger charge is -2.16. The quantitative estimate of drug-likeness (QED) is 0.831. The van der Waals surface area contributed by atoms with Crippen molar-refractivity contribution in [3.05, 3.63) is 22.8 Å². The zero-order chi connectivity index (χ0) is 11.0. The van der Waals surface area contributed by atoms with Crippen LogP contribution in [-0.2, 0) is 0 Å². The first-order chi connectivity index (χ1) is 7.09. The molecule has 1 fully saturated rings. The van der Waals surface area contributed by atoms with Crippen LogP contribution in [0.25, 0.3) is 0 Å². The van der Waals surface area contributed by atoms with E-state index in [-0.39, 0.29) is 11.7 Å². The van der Waals surface area contributed by atoms with Gasteiger partial charge in [0, 0.05) is 19.3 Å². The highest BCUT2D eigenvalue weighted by Gasteiger charge is 2.30. The second-order valence-corrected chi connectivity index (χ2v) is 4.15. The molecule has 5 heteroatoms. The second kappa shape index (κ2) is 3.70. The Balaban J connectivity index is 2.21. The summed E-state index contributed by atoms with van der Waals surface area (Å²) in [6, 6.07) is 1.94. The topological polar surface area (TPSA) is 59.2 Å².